The van der Waals surface area contributed by atoms with Gasteiger partial charge in [-0.2, -0.15) is 0 Å². The summed E-state index contributed by atoms with van der Waals surface area (Å²) in [7, 11) is 5.54. The van der Waals surface area contributed by atoms with Crippen molar-refractivity contribution in [2.45, 2.75) is 6.42 Å². The molecule has 0 aliphatic carbocycles. The zero-order chi connectivity index (χ0) is 15.8. The topological polar surface area (TPSA) is 58.8 Å². The number of benzene rings is 1. The maximum atomic E-state index is 13.5. The van der Waals surface area contributed by atoms with Gasteiger partial charge in [-0.05, 0) is 39.2 Å². The summed E-state index contributed by atoms with van der Waals surface area (Å²) < 4.78 is 18.5. The minimum absolute atomic E-state index is 0.0995. The van der Waals surface area contributed by atoms with Crippen molar-refractivity contribution in [3.63, 3.8) is 0 Å². The molecule has 0 heterocycles. The predicted octanol–water partition coefficient (Wildman–Crippen LogP) is 1.45. The van der Waals surface area contributed by atoms with E-state index in [1.165, 1.54) is 12.1 Å². The molecule has 6 heteroatoms. The first kappa shape index (κ1) is 17.4. The molecule has 0 spiro atoms. The van der Waals surface area contributed by atoms with Gasteiger partial charge in [-0.3, -0.25) is 4.79 Å². The van der Waals surface area contributed by atoms with Gasteiger partial charge in [0.05, 0.1) is 17.9 Å². The van der Waals surface area contributed by atoms with Gasteiger partial charge in [0.2, 0.25) is 0 Å². The zero-order valence-electron chi connectivity index (χ0n) is 12.9. The fourth-order valence-corrected chi connectivity index (χ4v) is 1.99. The number of halogens is 1. The number of carbonyl (C=O) groups excluding carboxylic acids is 1. The van der Waals surface area contributed by atoms with Crippen LogP contribution in [-0.4, -0.2) is 63.2 Å². The highest BCUT2D eigenvalue weighted by molar-refractivity contribution is 5.99. The Balaban J connectivity index is 2.80. The van der Waals surface area contributed by atoms with Crippen LogP contribution in [-0.2, 0) is 4.74 Å². The fraction of sp³-hybridized carbons (Fsp3) is 0.533. The van der Waals surface area contributed by atoms with E-state index in [-0.39, 0.29) is 17.2 Å². The van der Waals surface area contributed by atoms with Crippen molar-refractivity contribution >= 4 is 11.6 Å². The van der Waals surface area contributed by atoms with E-state index in [1.54, 1.807) is 18.1 Å². The number of hydrogen-bond donors (Lipinski definition) is 1. The standard InChI is InChI=1S/C15H24FN3O2/c1-18(2)8-5-9-19(10-11-21-3)15(20)12-6-4-7-13(16)14(12)17/h4,6-7H,5,8-11,17H2,1-3H3. The summed E-state index contributed by atoms with van der Waals surface area (Å²) in [6, 6.07) is 4.29. The number of amides is 1. The van der Waals surface area contributed by atoms with E-state index < -0.39 is 5.82 Å². The number of anilines is 1. The number of para-hydroxylation sites is 1. The largest absolute Gasteiger partial charge is 0.396 e. The summed E-state index contributed by atoms with van der Waals surface area (Å²) in [4.78, 5) is 16.2. The van der Waals surface area contributed by atoms with Gasteiger partial charge in [-0.25, -0.2) is 4.39 Å². The van der Waals surface area contributed by atoms with Crippen molar-refractivity contribution in [1.82, 2.24) is 9.80 Å². The molecule has 0 saturated carbocycles. The van der Waals surface area contributed by atoms with E-state index >= 15 is 0 Å². The normalized spacial score (nSPS) is 10.9. The highest BCUT2D eigenvalue weighted by Crippen LogP contribution is 2.18. The van der Waals surface area contributed by atoms with Gasteiger partial charge in [0.15, 0.2) is 0 Å². The molecule has 21 heavy (non-hydrogen) atoms. The molecule has 0 aliphatic heterocycles. The maximum absolute atomic E-state index is 13.5. The summed E-state index contributed by atoms with van der Waals surface area (Å²) in [5, 5.41) is 0. The van der Waals surface area contributed by atoms with Gasteiger partial charge in [0, 0.05) is 20.2 Å². The monoisotopic (exact) mass is 297 g/mol. The van der Waals surface area contributed by atoms with Gasteiger partial charge in [0.25, 0.3) is 5.91 Å². The molecule has 0 radical (unpaired) electrons. The quantitative estimate of drug-likeness (QED) is 0.738. The van der Waals surface area contributed by atoms with Gasteiger partial charge < -0.3 is 20.3 Å². The molecule has 5 nitrogen and oxygen atoms in total. The first-order valence-corrected chi connectivity index (χ1v) is 6.94. The van der Waals surface area contributed by atoms with Crippen LogP contribution in [0.2, 0.25) is 0 Å². The molecular weight excluding hydrogens is 273 g/mol. The molecule has 0 bridgehead atoms. The highest BCUT2D eigenvalue weighted by atomic mass is 19.1. The Morgan fingerprint density at radius 3 is 2.62 bits per heavy atom. The van der Waals surface area contributed by atoms with Gasteiger partial charge in [-0.15, -0.1) is 0 Å². The first-order chi connectivity index (χ1) is 9.97. The Morgan fingerprint density at radius 2 is 2.00 bits per heavy atom. The Hall–Kier alpha value is -1.66. The van der Waals surface area contributed by atoms with Crippen LogP contribution in [0.25, 0.3) is 0 Å². The van der Waals surface area contributed by atoms with E-state index in [4.69, 9.17) is 10.5 Å². The molecule has 1 aromatic rings. The number of carbonyl (C=O) groups is 1. The second-order valence-corrected chi connectivity index (χ2v) is 5.14. The molecule has 0 aliphatic rings. The number of methoxy groups -OCH3 is 1. The summed E-state index contributed by atoms with van der Waals surface area (Å²) in [5.74, 6) is -0.830. The second-order valence-electron chi connectivity index (χ2n) is 5.14. The lowest BCUT2D eigenvalue weighted by Gasteiger charge is -2.24. The summed E-state index contributed by atoms with van der Waals surface area (Å²) in [6.45, 7) is 2.34. The smallest absolute Gasteiger partial charge is 0.256 e. The van der Waals surface area contributed by atoms with Gasteiger partial charge >= 0.3 is 0 Å². The molecule has 1 rings (SSSR count). The number of nitrogens with two attached hydrogens (primary N) is 1. The number of ether oxygens (including phenoxy) is 1. The minimum atomic E-state index is -0.569. The fourth-order valence-electron chi connectivity index (χ4n) is 1.99. The van der Waals surface area contributed by atoms with Crippen LogP contribution < -0.4 is 5.73 Å². The third-order valence-electron chi connectivity index (χ3n) is 3.17. The second kappa shape index (κ2) is 8.59. The molecule has 0 unspecified atom stereocenters. The highest BCUT2D eigenvalue weighted by Gasteiger charge is 2.19. The van der Waals surface area contributed by atoms with E-state index in [0.717, 1.165) is 13.0 Å². The van der Waals surface area contributed by atoms with E-state index in [2.05, 4.69) is 4.90 Å². The van der Waals surface area contributed by atoms with Crippen molar-refractivity contribution in [3.05, 3.63) is 29.6 Å². The molecular formula is C15H24FN3O2. The maximum Gasteiger partial charge on any atom is 0.256 e. The van der Waals surface area contributed by atoms with Crippen LogP contribution in [0, 0.1) is 5.82 Å². The van der Waals surface area contributed by atoms with Gasteiger partial charge in [0.1, 0.15) is 5.82 Å². The lowest BCUT2D eigenvalue weighted by Crippen LogP contribution is -2.36. The molecule has 0 saturated heterocycles. The molecule has 118 valence electrons. The van der Waals surface area contributed by atoms with Gasteiger partial charge in [-0.1, -0.05) is 6.07 Å². The van der Waals surface area contributed by atoms with Crippen molar-refractivity contribution in [2.24, 2.45) is 0 Å². The zero-order valence-corrected chi connectivity index (χ0v) is 12.9. The lowest BCUT2D eigenvalue weighted by molar-refractivity contribution is 0.0690. The van der Waals surface area contributed by atoms with Crippen molar-refractivity contribution in [1.29, 1.82) is 0 Å². The summed E-state index contributed by atoms with van der Waals surface area (Å²) in [6.07, 6.45) is 0.831. The molecule has 0 atom stereocenters. The number of nitrogens with zero attached hydrogens (tertiary/aromatic N) is 2. The predicted molar refractivity (Wildman–Crippen MR) is 81.8 cm³/mol. The number of rotatable bonds is 8. The molecule has 1 aromatic carbocycles. The summed E-state index contributed by atoms with van der Waals surface area (Å²) >= 11 is 0. The Morgan fingerprint density at radius 1 is 1.29 bits per heavy atom. The molecule has 0 aromatic heterocycles. The Bertz CT molecular complexity index is 466. The van der Waals surface area contributed by atoms with Crippen LogP contribution in [0.1, 0.15) is 16.8 Å². The summed E-state index contributed by atoms with van der Waals surface area (Å²) in [5.41, 5.74) is 5.77. The van der Waals surface area contributed by atoms with Crippen molar-refractivity contribution in [3.8, 4) is 0 Å². The van der Waals surface area contributed by atoms with E-state index in [1.807, 2.05) is 14.1 Å². The third-order valence-corrected chi connectivity index (χ3v) is 3.17. The SMILES string of the molecule is COCCN(CCCN(C)C)C(=O)c1cccc(F)c1N. The Kier molecular flexibility index (Phi) is 7.11. The van der Waals surface area contributed by atoms with Crippen LogP contribution in [0.4, 0.5) is 10.1 Å². The van der Waals surface area contributed by atoms with Crippen molar-refractivity contribution in [2.75, 3.05) is 53.2 Å². The number of nitrogen functional groups attached to an aromatic ring is 1. The average molecular weight is 297 g/mol. The van der Waals surface area contributed by atoms with Crippen molar-refractivity contribution < 1.29 is 13.9 Å². The average Bonchev–Trinajstić information content (AvgIpc) is 2.44. The molecule has 0 fully saturated rings. The van der Waals surface area contributed by atoms with E-state index in [9.17, 15) is 9.18 Å². The first-order valence-electron chi connectivity index (χ1n) is 6.94. The van der Waals surface area contributed by atoms with Crippen LogP contribution in [0.5, 0.6) is 0 Å². The van der Waals surface area contributed by atoms with Crippen LogP contribution in [0.3, 0.4) is 0 Å². The molecule has 2 N–H and O–H groups in total. The number of hydrogen-bond acceptors (Lipinski definition) is 4. The third kappa shape index (κ3) is 5.32. The Labute approximate surface area is 125 Å². The lowest BCUT2D eigenvalue weighted by atomic mass is 10.1. The van der Waals surface area contributed by atoms with Crippen LogP contribution >= 0.6 is 0 Å². The van der Waals surface area contributed by atoms with E-state index in [0.29, 0.717) is 19.7 Å². The van der Waals surface area contributed by atoms with Crippen LogP contribution in [0.15, 0.2) is 18.2 Å². The minimum Gasteiger partial charge on any atom is -0.396 e. The molecule has 1 amide bonds.